The molecule has 0 aromatic heterocycles. The molecule has 1 saturated heterocycles. The monoisotopic (exact) mass is 369 g/mol. The highest BCUT2D eigenvalue weighted by molar-refractivity contribution is 5.76. The zero-order valence-corrected chi connectivity index (χ0v) is 16.1. The lowest BCUT2D eigenvalue weighted by atomic mass is 9.85. The third-order valence-electron chi connectivity index (χ3n) is 4.92. The number of carbonyl (C=O) groups is 1. The van der Waals surface area contributed by atoms with Gasteiger partial charge < -0.3 is 14.2 Å². The van der Waals surface area contributed by atoms with E-state index in [1.807, 2.05) is 68.4 Å². The lowest BCUT2D eigenvalue weighted by Gasteiger charge is -2.45. The van der Waals surface area contributed by atoms with Crippen LogP contribution in [0.4, 0.5) is 0 Å². The fourth-order valence-corrected chi connectivity index (χ4v) is 3.16. The van der Waals surface area contributed by atoms with Crippen LogP contribution in [0.2, 0.25) is 0 Å². The lowest BCUT2D eigenvalue weighted by molar-refractivity contribution is -0.153. The first-order valence-electron chi connectivity index (χ1n) is 9.24. The molecule has 2 aromatic carbocycles. The molecule has 1 aliphatic rings. The standard InChI is InChI=1S/C22H27NO4/c1-16(2)20(21(24)27-13-17-7-5-4-6-8-17)23-22(14-26-15-22)18-9-11-19(25-3)12-10-18/h4-12,16,20,23H,13-15H2,1-3H3/t20-/m0/s1. The highest BCUT2D eigenvalue weighted by Gasteiger charge is 2.44. The second-order valence-corrected chi connectivity index (χ2v) is 7.26. The summed E-state index contributed by atoms with van der Waals surface area (Å²) in [5, 5.41) is 3.52. The number of rotatable bonds is 8. The van der Waals surface area contributed by atoms with Gasteiger partial charge in [-0.25, -0.2) is 0 Å². The Morgan fingerprint density at radius 1 is 1.11 bits per heavy atom. The summed E-state index contributed by atoms with van der Waals surface area (Å²) < 4.78 is 16.3. The van der Waals surface area contributed by atoms with E-state index in [0.29, 0.717) is 13.2 Å². The average molecular weight is 369 g/mol. The Balaban J connectivity index is 1.70. The zero-order valence-electron chi connectivity index (χ0n) is 16.1. The van der Waals surface area contributed by atoms with Crippen molar-refractivity contribution in [1.29, 1.82) is 0 Å². The minimum absolute atomic E-state index is 0.0870. The summed E-state index contributed by atoms with van der Waals surface area (Å²) in [7, 11) is 1.65. The van der Waals surface area contributed by atoms with E-state index in [0.717, 1.165) is 16.9 Å². The van der Waals surface area contributed by atoms with E-state index in [4.69, 9.17) is 14.2 Å². The number of benzene rings is 2. The topological polar surface area (TPSA) is 56.8 Å². The van der Waals surface area contributed by atoms with Gasteiger partial charge in [0.1, 0.15) is 18.4 Å². The summed E-state index contributed by atoms with van der Waals surface area (Å²) in [6, 6.07) is 17.2. The molecule has 2 aromatic rings. The van der Waals surface area contributed by atoms with Crippen LogP contribution in [0.15, 0.2) is 54.6 Å². The molecule has 0 radical (unpaired) electrons. The van der Waals surface area contributed by atoms with Crippen molar-refractivity contribution in [2.24, 2.45) is 5.92 Å². The minimum Gasteiger partial charge on any atom is -0.497 e. The summed E-state index contributed by atoms with van der Waals surface area (Å²) in [6.45, 7) is 5.35. The maximum Gasteiger partial charge on any atom is 0.323 e. The van der Waals surface area contributed by atoms with Crippen molar-refractivity contribution in [2.45, 2.75) is 32.0 Å². The first-order chi connectivity index (χ1) is 13.0. The van der Waals surface area contributed by atoms with Crippen LogP contribution in [0.1, 0.15) is 25.0 Å². The van der Waals surface area contributed by atoms with Crippen molar-refractivity contribution in [3.8, 4) is 5.75 Å². The number of hydrogen-bond acceptors (Lipinski definition) is 5. The summed E-state index contributed by atoms with van der Waals surface area (Å²) in [5.41, 5.74) is 1.67. The smallest absolute Gasteiger partial charge is 0.323 e. The van der Waals surface area contributed by atoms with Crippen LogP contribution < -0.4 is 10.1 Å². The van der Waals surface area contributed by atoms with E-state index >= 15 is 0 Å². The van der Waals surface area contributed by atoms with Crippen molar-refractivity contribution in [2.75, 3.05) is 20.3 Å². The Morgan fingerprint density at radius 3 is 2.30 bits per heavy atom. The molecule has 1 N–H and O–H groups in total. The summed E-state index contributed by atoms with van der Waals surface area (Å²) in [5.74, 6) is 0.648. The normalized spacial score (nSPS) is 16.4. The SMILES string of the molecule is COc1ccc(C2(N[C@H](C(=O)OCc3ccccc3)C(C)C)COC2)cc1. The van der Waals surface area contributed by atoms with Gasteiger partial charge in [0.15, 0.2) is 0 Å². The molecular formula is C22H27NO4. The second-order valence-electron chi connectivity index (χ2n) is 7.26. The van der Waals surface area contributed by atoms with Crippen LogP contribution in [-0.2, 0) is 26.4 Å². The molecule has 1 heterocycles. The van der Waals surface area contributed by atoms with Crippen molar-refractivity contribution in [1.82, 2.24) is 5.32 Å². The quantitative estimate of drug-likeness (QED) is 0.724. The first-order valence-corrected chi connectivity index (χ1v) is 9.24. The van der Waals surface area contributed by atoms with E-state index in [9.17, 15) is 4.79 Å². The van der Waals surface area contributed by atoms with Crippen LogP contribution in [0.5, 0.6) is 5.75 Å². The van der Waals surface area contributed by atoms with Gasteiger partial charge >= 0.3 is 5.97 Å². The molecule has 0 saturated carbocycles. The highest BCUT2D eigenvalue weighted by atomic mass is 16.5. The maximum absolute atomic E-state index is 12.8. The molecular weight excluding hydrogens is 342 g/mol. The second kappa shape index (κ2) is 8.55. The zero-order chi connectivity index (χ0) is 19.3. The third kappa shape index (κ3) is 4.49. The van der Waals surface area contributed by atoms with Crippen molar-refractivity contribution in [3.63, 3.8) is 0 Å². The highest BCUT2D eigenvalue weighted by Crippen LogP contribution is 2.32. The Morgan fingerprint density at radius 2 is 1.78 bits per heavy atom. The van der Waals surface area contributed by atoms with Crippen LogP contribution in [0.25, 0.3) is 0 Å². The number of carbonyl (C=O) groups excluding carboxylic acids is 1. The molecule has 0 amide bonds. The molecule has 0 aliphatic carbocycles. The number of hydrogen-bond donors (Lipinski definition) is 1. The maximum atomic E-state index is 12.8. The number of esters is 1. The van der Waals surface area contributed by atoms with Gasteiger partial charge in [-0.1, -0.05) is 56.3 Å². The molecule has 0 spiro atoms. The fraction of sp³-hybridized carbons (Fsp3) is 0.409. The molecule has 1 atom stereocenters. The minimum atomic E-state index is -0.417. The van der Waals surface area contributed by atoms with Crippen LogP contribution >= 0.6 is 0 Å². The number of methoxy groups -OCH3 is 1. The van der Waals surface area contributed by atoms with Gasteiger partial charge in [0.25, 0.3) is 0 Å². The van der Waals surface area contributed by atoms with Crippen molar-refractivity contribution < 1.29 is 19.0 Å². The Labute approximate surface area is 160 Å². The van der Waals surface area contributed by atoms with Gasteiger partial charge in [-0.05, 0) is 29.2 Å². The van der Waals surface area contributed by atoms with E-state index in [2.05, 4.69) is 5.32 Å². The fourth-order valence-electron chi connectivity index (χ4n) is 3.16. The largest absolute Gasteiger partial charge is 0.497 e. The van der Waals surface area contributed by atoms with E-state index < -0.39 is 6.04 Å². The molecule has 1 fully saturated rings. The number of nitrogens with one attached hydrogen (secondary N) is 1. The Bertz CT molecular complexity index is 739. The van der Waals surface area contributed by atoms with Gasteiger partial charge in [0, 0.05) is 0 Å². The van der Waals surface area contributed by atoms with Crippen LogP contribution in [-0.4, -0.2) is 32.3 Å². The van der Waals surface area contributed by atoms with Crippen molar-refractivity contribution >= 4 is 5.97 Å². The summed E-state index contributed by atoms with van der Waals surface area (Å²) >= 11 is 0. The predicted molar refractivity (Wildman–Crippen MR) is 103 cm³/mol. The van der Waals surface area contributed by atoms with Crippen LogP contribution in [0, 0.1) is 5.92 Å². The number of ether oxygens (including phenoxy) is 3. The van der Waals surface area contributed by atoms with Gasteiger partial charge in [0.05, 0.1) is 25.9 Å². The van der Waals surface area contributed by atoms with Gasteiger partial charge in [0.2, 0.25) is 0 Å². The third-order valence-corrected chi connectivity index (χ3v) is 4.92. The molecule has 0 unspecified atom stereocenters. The summed E-state index contributed by atoms with van der Waals surface area (Å²) in [6.07, 6.45) is 0. The van der Waals surface area contributed by atoms with Gasteiger partial charge in [-0.2, -0.15) is 0 Å². The van der Waals surface area contributed by atoms with E-state index in [1.54, 1.807) is 7.11 Å². The molecule has 144 valence electrons. The molecule has 5 heteroatoms. The Kier molecular flexibility index (Phi) is 6.14. The Hall–Kier alpha value is -2.37. The van der Waals surface area contributed by atoms with Gasteiger partial charge in [-0.3, -0.25) is 10.1 Å². The van der Waals surface area contributed by atoms with E-state index in [1.165, 1.54) is 0 Å². The first kappa shape index (κ1) is 19.4. The predicted octanol–water partition coefficient (Wildman–Crippen LogP) is 3.28. The molecule has 0 bridgehead atoms. The van der Waals surface area contributed by atoms with E-state index in [-0.39, 0.29) is 24.0 Å². The molecule has 27 heavy (non-hydrogen) atoms. The van der Waals surface area contributed by atoms with Crippen molar-refractivity contribution in [3.05, 3.63) is 65.7 Å². The van der Waals surface area contributed by atoms with Crippen LogP contribution in [0.3, 0.4) is 0 Å². The molecule has 1 aliphatic heterocycles. The lowest BCUT2D eigenvalue weighted by Crippen LogP contribution is -2.63. The summed E-state index contributed by atoms with van der Waals surface area (Å²) in [4.78, 5) is 12.8. The van der Waals surface area contributed by atoms with Gasteiger partial charge in [-0.15, -0.1) is 0 Å². The average Bonchev–Trinajstić information content (AvgIpc) is 2.66. The molecule has 3 rings (SSSR count). The molecule has 5 nitrogen and oxygen atoms in total.